The van der Waals surface area contributed by atoms with E-state index in [2.05, 4.69) is 0 Å². The summed E-state index contributed by atoms with van der Waals surface area (Å²) in [5.41, 5.74) is 1.07. The zero-order chi connectivity index (χ0) is 11.4. The minimum Gasteiger partial charge on any atom is -0.492 e. The SMILES string of the molecule is CCOc1c(C(C)=O)ccc(C=O)c1I. The number of benzene rings is 1. The van der Waals surface area contributed by atoms with Crippen LogP contribution in [0.25, 0.3) is 0 Å². The molecule has 0 aliphatic rings. The number of ether oxygens (including phenoxy) is 1. The largest absolute Gasteiger partial charge is 0.492 e. The number of aldehydes is 1. The molecule has 0 atom stereocenters. The van der Waals surface area contributed by atoms with Gasteiger partial charge in [0.1, 0.15) is 5.75 Å². The average Bonchev–Trinajstić information content (AvgIpc) is 2.20. The van der Waals surface area contributed by atoms with Crippen molar-refractivity contribution in [3.63, 3.8) is 0 Å². The average molecular weight is 318 g/mol. The maximum Gasteiger partial charge on any atom is 0.163 e. The number of Topliss-reactive ketones (excluding diaryl/α,β-unsaturated/α-hetero) is 1. The first-order chi connectivity index (χ1) is 7.11. The lowest BCUT2D eigenvalue weighted by Gasteiger charge is -2.11. The predicted octanol–water partition coefficient (Wildman–Crippen LogP) is 2.71. The summed E-state index contributed by atoms with van der Waals surface area (Å²) in [6, 6.07) is 3.26. The fourth-order valence-electron chi connectivity index (χ4n) is 1.22. The van der Waals surface area contributed by atoms with Crippen molar-refractivity contribution >= 4 is 34.7 Å². The first-order valence-electron chi connectivity index (χ1n) is 4.53. The number of hydrogen-bond donors (Lipinski definition) is 0. The third-order valence-electron chi connectivity index (χ3n) is 1.92. The van der Waals surface area contributed by atoms with Crippen LogP contribution in [0.15, 0.2) is 12.1 Å². The molecule has 15 heavy (non-hydrogen) atoms. The van der Waals surface area contributed by atoms with E-state index in [0.717, 1.165) is 6.29 Å². The molecule has 0 saturated carbocycles. The molecule has 0 aliphatic heterocycles. The lowest BCUT2D eigenvalue weighted by molar-refractivity contribution is 0.101. The van der Waals surface area contributed by atoms with Crippen LogP contribution in [0, 0.1) is 3.57 Å². The normalized spacial score (nSPS) is 9.80. The standard InChI is InChI=1S/C11H11IO3/c1-3-15-11-9(7(2)14)5-4-8(6-13)10(11)12/h4-6H,3H2,1-2H3. The van der Waals surface area contributed by atoms with Gasteiger partial charge in [-0.05, 0) is 48.6 Å². The van der Waals surface area contributed by atoms with Gasteiger partial charge in [-0.15, -0.1) is 0 Å². The van der Waals surface area contributed by atoms with Gasteiger partial charge in [-0.3, -0.25) is 9.59 Å². The van der Waals surface area contributed by atoms with E-state index in [-0.39, 0.29) is 5.78 Å². The zero-order valence-corrected chi connectivity index (χ0v) is 10.7. The van der Waals surface area contributed by atoms with Gasteiger partial charge >= 0.3 is 0 Å². The van der Waals surface area contributed by atoms with Crippen molar-refractivity contribution in [1.29, 1.82) is 0 Å². The number of carbonyl (C=O) groups excluding carboxylic acids is 2. The summed E-state index contributed by atoms with van der Waals surface area (Å²) < 4.78 is 6.08. The van der Waals surface area contributed by atoms with Crippen molar-refractivity contribution in [1.82, 2.24) is 0 Å². The first-order valence-corrected chi connectivity index (χ1v) is 5.61. The van der Waals surface area contributed by atoms with E-state index in [1.54, 1.807) is 12.1 Å². The van der Waals surface area contributed by atoms with Crippen LogP contribution in [-0.2, 0) is 0 Å². The monoisotopic (exact) mass is 318 g/mol. The molecule has 4 heteroatoms. The van der Waals surface area contributed by atoms with Crippen LogP contribution in [0.3, 0.4) is 0 Å². The zero-order valence-electron chi connectivity index (χ0n) is 8.54. The van der Waals surface area contributed by atoms with Crippen molar-refractivity contribution in [2.24, 2.45) is 0 Å². The van der Waals surface area contributed by atoms with Gasteiger partial charge in [0.15, 0.2) is 12.1 Å². The Morgan fingerprint density at radius 1 is 1.53 bits per heavy atom. The molecule has 1 rings (SSSR count). The highest BCUT2D eigenvalue weighted by Crippen LogP contribution is 2.28. The molecule has 0 amide bonds. The molecule has 1 aromatic rings. The lowest BCUT2D eigenvalue weighted by Crippen LogP contribution is -2.04. The Morgan fingerprint density at radius 2 is 2.20 bits per heavy atom. The molecule has 80 valence electrons. The predicted molar refractivity (Wildman–Crippen MR) is 65.7 cm³/mol. The second-order valence-corrected chi connectivity index (χ2v) is 4.03. The van der Waals surface area contributed by atoms with Crippen molar-refractivity contribution in [3.8, 4) is 5.75 Å². The van der Waals surface area contributed by atoms with Gasteiger partial charge in [-0.25, -0.2) is 0 Å². The molecule has 0 aromatic heterocycles. The summed E-state index contributed by atoms with van der Waals surface area (Å²) in [6.07, 6.45) is 0.758. The van der Waals surface area contributed by atoms with Crippen molar-refractivity contribution < 1.29 is 14.3 Å². The number of carbonyl (C=O) groups is 2. The first kappa shape index (κ1) is 12.2. The van der Waals surface area contributed by atoms with Gasteiger partial charge < -0.3 is 4.74 Å². The van der Waals surface area contributed by atoms with E-state index in [9.17, 15) is 9.59 Å². The maximum atomic E-state index is 11.3. The van der Waals surface area contributed by atoms with E-state index < -0.39 is 0 Å². The summed E-state index contributed by atoms with van der Waals surface area (Å²) in [7, 11) is 0. The van der Waals surface area contributed by atoms with Crippen LogP contribution in [-0.4, -0.2) is 18.7 Å². The molecular weight excluding hydrogens is 307 g/mol. The van der Waals surface area contributed by atoms with Crippen LogP contribution in [0.2, 0.25) is 0 Å². The van der Waals surface area contributed by atoms with Gasteiger partial charge in [0.2, 0.25) is 0 Å². The van der Waals surface area contributed by atoms with Gasteiger partial charge in [0, 0.05) is 5.56 Å². The Morgan fingerprint density at radius 3 is 2.67 bits per heavy atom. The molecule has 1 aromatic carbocycles. The molecule has 0 bridgehead atoms. The Hall–Kier alpha value is -0.910. The summed E-state index contributed by atoms with van der Waals surface area (Å²) >= 11 is 2.01. The number of hydrogen-bond acceptors (Lipinski definition) is 3. The van der Waals surface area contributed by atoms with E-state index >= 15 is 0 Å². The Balaban J connectivity index is 3.36. The highest BCUT2D eigenvalue weighted by atomic mass is 127. The molecule has 0 radical (unpaired) electrons. The van der Waals surface area contributed by atoms with E-state index in [0.29, 0.717) is 27.1 Å². The van der Waals surface area contributed by atoms with Crippen molar-refractivity contribution in [2.75, 3.05) is 6.61 Å². The number of ketones is 1. The van der Waals surface area contributed by atoms with Crippen LogP contribution >= 0.6 is 22.6 Å². The minimum absolute atomic E-state index is 0.0613. The topological polar surface area (TPSA) is 43.4 Å². The van der Waals surface area contributed by atoms with E-state index in [1.807, 2.05) is 29.5 Å². The van der Waals surface area contributed by atoms with Crippen LogP contribution in [0.5, 0.6) is 5.75 Å². The molecule has 3 nitrogen and oxygen atoms in total. The number of halogens is 1. The van der Waals surface area contributed by atoms with Crippen molar-refractivity contribution in [2.45, 2.75) is 13.8 Å². The molecule has 0 fully saturated rings. The minimum atomic E-state index is -0.0613. The molecule has 0 spiro atoms. The second kappa shape index (κ2) is 5.25. The second-order valence-electron chi connectivity index (χ2n) is 2.95. The van der Waals surface area contributed by atoms with E-state index in [4.69, 9.17) is 4.74 Å². The quantitative estimate of drug-likeness (QED) is 0.487. The molecule has 0 unspecified atom stereocenters. The third-order valence-corrected chi connectivity index (χ3v) is 3.03. The fourth-order valence-corrected chi connectivity index (χ4v) is 1.98. The van der Waals surface area contributed by atoms with Crippen molar-refractivity contribution in [3.05, 3.63) is 26.8 Å². The Kier molecular flexibility index (Phi) is 4.26. The van der Waals surface area contributed by atoms with E-state index in [1.165, 1.54) is 6.92 Å². The highest BCUT2D eigenvalue weighted by molar-refractivity contribution is 14.1. The summed E-state index contributed by atoms with van der Waals surface area (Å²) in [6.45, 7) is 3.79. The molecule has 0 heterocycles. The molecule has 0 N–H and O–H groups in total. The summed E-state index contributed by atoms with van der Waals surface area (Å²) in [4.78, 5) is 22.0. The molecule has 0 saturated heterocycles. The van der Waals surface area contributed by atoms with Gasteiger partial charge in [-0.1, -0.05) is 0 Å². The van der Waals surface area contributed by atoms with Crippen LogP contribution in [0.1, 0.15) is 34.6 Å². The van der Waals surface area contributed by atoms with Gasteiger partial charge in [-0.2, -0.15) is 0 Å². The Bertz CT molecular complexity index is 399. The maximum absolute atomic E-state index is 11.3. The third kappa shape index (κ3) is 2.56. The van der Waals surface area contributed by atoms with Gasteiger partial charge in [0.25, 0.3) is 0 Å². The smallest absolute Gasteiger partial charge is 0.163 e. The van der Waals surface area contributed by atoms with Crippen LogP contribution in [0.4, 0.5) is 0 Å². The molecule has 0 aliphatic carbocycles. The summed E-state index contributed by atoms with van der Waals surface area (Å²) in [5, 5.41) is 0. The van der Waals surface area contributed by atoms with Gasteiger partial charge in [0.05, 0.1) is 15.7 Å². The number of rotatable bonds is 4. The fraction of sp³-hybridized carbons (Fsp3) is 0.273. The highest BCUT2D eigenvalue weighted by Gasteiger charge is 2.14. The molecular formula is C11H11IO3. The Labute approximate surface area is 102 Å². The summed E-state index contributed by atoms with van der Waals surface area (Å²) in [5.74, 6) is 0.448. The lowest BCUT2D eigenvalue weighted by atomic mass is 10.1. The van der Waals surface area contributed by atoms with Crippen LogP contribution < -0.4 is 4.74 Å².